The summed E-state index contributed by atoms with van der Waals surface area (Å²) in [5, 5.41) is 0. The number of hydrogen-bond donors (Lipinski definition) is 1. The van der Waals surface area contributed by atoms with Crippen LogP contribution in [0.3, 0.4) is 0 Å². The molecule has 0 spiro atoms. The van der Waals surface area contributed by atoms with Gasteiger partial charge in [-0.3, -0.25) is 14.1 Å². The summed E-state index contributed by atoms with van der Waals surface area (Å²) in [4.78, 5) is 26.4. The quantitative estimate of drug-likeness (QED) is 0.563. The molecule has 1 fully saturated rings. The molecule has 2 aromatic carbocycles. The van der Waals surface area contributed by atoms with E-state index in [2.05, 4.69) is 0 Å². The van der Waals surface area contributed by atoms with Crippen molar-refractivity contribution >= 4 is 27.5 Å². The van der Waals surface area contributed by atoms with Gasteiger partial charge in [0.2, 0.25) is 5.91 Å². The lowest BCUT2D eigenvalue weighted by molar-refractivity contribution is -0.126. The lowest BCUT2D eigenvalue weighted by Crippen LogP contribution is -2.28. The second kappa shape index (κ2) is 8.12. The van der Waals surface area contributed by atoms with Gasteiger partial charge in [-0.2, -0.15) is 8.42 Å². The lowest BCUT2D eigenvalue weighted by atomic mass is 9.97. The van der Waals surface area contributed by atoms with Crippen molar-refractivity contribution in [2.24, 2.45) is 5.92 Å². The third-order valence-corrected chi connectivity index (χ3v) is 5.50. The molecule has 1 saturated heterocycles. The Hall–Kier alpha value is -2.71. The number of hydrogen-bond acceptors (Lipinski definition) is 5. The molecule has 0 bridgehead atoms. The molecule has 1 N–H and O–H groups in total. The molecule has 0 radical (unpaired) electrons. The topological polar surface area (TPSA) is 101 Å². The largest absolute Gasteiger partial charge is 0.494 e. The van der Waals surface area contributed by atoms with Crippen LogP contribution in [-0.2, 0) is 26.1 Å². The molecule has 148 valence electrons. The number of amides is 1. The van der Waals surface area contributed by atoms with E-state index in [1.807, 2.05) is 6.92 Å². The number of anilines is 1. The molecular weight excluding hydrogens is 382 g/mol. The van der Waals surface area contributed by atoms with E-state index < -0.39 is 21.9 Å². The van der Waals surface area contributed by atoms with Gasteiger partial charge in [-0.1, -0.05) is 31.2 Å². The number of carbonyl (C=O) groups excluding carboxylic acids is 2. The third-order valence-electron chi connectivity index (χ3n) is 4.54. The maximum atomic E-state index is 12.9. The van der Waals surface area contributed by atoms with Gasteiger partial charge < -0.3 is 9.64 Å². The Labute approximate surface area is 163 Å². The number of Topliss-reactive ketones (excluding diaryl/α,β-unsaturated/α-hetero) is 1. The summed E-state index contributed by atoms with van der Waals surface area (Å²) in [7, 11) is -4.44. The van der Waals surface area contributed by atoms with Crippen molar-refractivity contribution in [2.45, 2.75) is 24.7 Å². The molecule has 2 aromatic rings. The van der Waals surface area contributed by atoms with Crippen LogP contribution in [0.25, 0.3) is 0 Å². The average Bonchev–Trinajstić information content (AvgIpc) is 2.94. The van der Waals surface area contributed by atoms with Crippen LogP contribution in [-0.4, -0.2) is 37.8 Å². The van der Waals surface area contributed by atoms with E-state index in [1.165, 1.54) is 23.1 Å². The van der Waals surface area contributed by atoms with Gasteiger partial charge in [-0.05, 0) is 36.6 Å². The molecular formula is C20H21NO6S. The van der Waals surface area contributed by atoms with E-state index in [-0.39, 0.29) is 29.2 Å². The number of benzene rings is 2. The van der Waals surface area contributed by atoms with Crippen molar-refractivity contribution in [3.05, 3.63) is 54.1 Å². The first-order valence-electron chi connectivity index (χ1n) is 8.93. The van der Waals surface area contributed by atoms with Crippen LogP contribution in [0.2, 0.25) is 0 Å². The Balaban J connectivity index is 1.84. The molecule has 3 rings (SSSR count). The molecule has 8 heteroatoms. The van der Waals surface area contributed by atoms with Gasteiger partial charge in [0.15, 0.2) is 5.78 Å². The van der Waals surface area contributed by atoms with Crippen LogP contribution < -0.4 is 9.64 Å². The van der Waals surface area contributed by atoms with Crippen LogP contribution in [0.4, 0.5) is 5.69 Å². The van der Waals surface area contributed by atoms with Gasteiger partial charge in [0.25, 0.3) is 10.1 Å². The van der Waals surface area contributed by atoms with Crippen molar-refractivity contribution in [1.29, 1.82) is 0 Å². The van der Waals surface area contributed by atoms with Crippen LogP contribution in [0.1, 0.15) is 18.9 Å². The Morgan fingerprint density at radius 2 is 1.89 bits per heavy atom. The van der Waals surface area contributed by atoms with Gasteiger partial charge in [-0.25, -0.2) is 0 Å². The lowest BCUT2D eigenvalue weighted by Gasteiger charge is -2.17. The number of rotatable bonds is 7. The van der Waals surface area contributed by atoms with Crippen LogP contribution in [0.15, 0.2) is 53.4 Å². The Morgan fingerprint density at radius 3 is 2.61 bits per heavy atom. The summed E-state index contributed by atoms with van der Waals surface area (Å²) in [6, 6.07) is 12.8. The molecule has 0 saturated carbocycles. The van der Waals surface area contributed by atoms with Gasteiger partial charge in [-0.15, -0.1) is 0 Å². The first kappa shape index (κ1) is 20.0. The molecule has 1 amide bonds. The normalized spacial score (nSPS) is 17.2. The number of ether oxygens (including phenoxy) is 1. The van der Waals surface area contributed by atoms with Crippen molar-refractivity contribution in [1.82, 2.24) is 0 Å². The highest BCUT2D eigenvalue weighted by Gasteiger charge is 2.40. The molecule has 1 unspecified atom stereocenters. The van der Waals surface area contributed by atoms with Crippen molar-refractivity contribution in [3.8, 4) is 5.75 Å². The molecule has 7 nitrogen and oxygen atoms in total. The van der Waals surface area contributed by atoms with Crippen molar-refractivity contribution in [3.63, 3.8) is 0 Å². The summed E-state index contributed by atoms with van der Waals surface area (Å²) in [6.07, 6.45) is 0.761. The van der Waals surface area contributed by atoms with Gasteiger partial charge in [0.05, 0.1) is 18.0 Å². The zero-order valence-corrected chi connectivity index (χ0v) is 16.2. The maximum absolute atomic E-state index is 12.9. The SMILES string of the molecule is CCCOc1cccc(N2CC(=O)C(Cc3ccccc3S(=O)(=O)O)C2=O)c1. The van der Waals surface area contributed by atoms with E-state index in [4.69, 9.17) is 4.74 Å². The summed E-state index contributed by atoms with van der Waals surface area (Å²) in [6.45, 7) is 2.45. The Bertz CT molecular complexity index is 1000. The van der Waals surface area contributed by atoms with E-state index in [0.29, 0.717) is 18.0 Å². The van der Waals surface area contributed by atoms with Crippen LogP contribution >= 0.6 is 0 Å². The molecule has 1 heterocycles. The minimum Gasteiger partial charge on any atom is -0.494 e. The maximum Gasteiger partial charge on any atom is 0.294 e. The minimum atomic E-state index is -4.44. The second-order valence-electron chi connectivity index (χ2n) is 6.58. The highest BCUT2D eigenvalue weighted by atomic mass is 32.2. The fraction of sp³-hybridized carbons (Fsp3) is 0.300. The number of ketones is 1. The molecule has 1 atom stereocenters. The first-order valence-corrected chi connectivity index (χ1v) is 10.4. The third kappa shape index (κ3) is 4.23. The van der Waals surface area contributed by atoms with E-state index in [1.54, 1.807) is 30.3 Å². The first-order chi connectivity index (χ1) is 13.3. The van der Waals surface area contributed by atoms with E-state index in [0.717, 1.165) is 6.42 Å². The fourth-order valence-electron chi connectivity index (χ4n) is 3.19. The minimum absolute atomic E-state index is 0.0871. The van der Waals surface area contributed by atoms with Crippen molar-refractivity contribution in [2.75, 3.05) is 18.1 Å². The van der Waals surface area contributed by atoms with E-state index in [9.17, 15) is 22.6 Å². The highest BCUT2D eigenvalue weighted by molar-refractivity contribution is 7.85. The van der Waals surface area contributed by atoms with E-state index >= 15 is 0 Å². The van der Waals surface area contributed by atoms with Gasteiger partial charge >= 0.3 is 0 Å². The summed E-state index contributed by atoms with van der Waals surface area (Å²) >= 11 is 0. The zero-order valence-electron chi connectivity index (χ0n) is 15.4. The average molecular weight is 403 g/mol. The predicted octanol–water partition coefficient (Wildman–Crippen LogP) is 2.50. The molecule has 0 aliphatic carbocycles. The molecule has 1 aliphatic rings. The summed E-state index contributed by atoms with van der Waals surface area (Å²) in [5.74, 6) is -1.08. The Morgan fingerprint density at radius 1 is 1.14 bits per heavy atom. The smallest absolute Gasteiger partial charge is 0.294 e. The van der Waals surface area contributed by atoms with Gasteiger partial charge in [0.1, 0.15) is 11.7 Å². The van der Waals surface area contributed by atoms with Crippen LogP contribution in [0, 0.1) is 5.92 Å². The standard InChI is InChI=1S/C20H21NO6S/c1-2-10-27-16-8-5-7-15(12-16)21-13-18(22)17(20(21)23)11-14-6-3-4-9-19(14)28(24,25)26/h3-9,12,17H,2,10-11,13H2,1H3,(H,24,25,26). The van der Waals surface area contributed by atoms with Crippen LogP contribution in [0.5, 0.6) is 5.75 Å². The van der Waals surface area contributed by atoms with Gasteiger partial charge in [0, 0.05) is 11.8 Å². The molecule has 0 aromatic heterocycles. The monoisotopic (exact) mass is 403 g/mol. The summed E-state index contributed by atoms with van der Waals surface area (Å²) in [5.41, 5.74) is 0.788. The predicted molar refractivity (Wildman–Crippen MR) is 103 cm³/mol. The molecule has 1 aliphatic heterocycles. The number of carbonyl (C=O) groups is 2. The van der Waals surface area contributed by atoms with Crippen molar-refractivity contribution < 1.29 is 27.3 Å². The number of nitrogens with zero attached hydrogens (tertiary/aromatic N) is 1. The Kier molecular flexibility index (Phi) is 5.81. The molecule has 28 heavy (non-hydrogen) atoms. The zero-order chi connectivity index (χ0) is 20.3. The highest BCUT2D eigenvalue weighted by Crippen LogP contribution is 2.29. The second-order valence-corrected chi connectivity index (χ2v) is 7.97. The fourth-order valence-corrected chi connectivity index (χ4v) is 3.93. The summed E-state index contributed by atoms with van der Waals surface area (Å²) < 4.78 is 38.1.